The predicted octanol–water partition coefficient (Wildman–Crippen LogP) is 1.62. The number of nitrogens with zero attached hydrogens (tertiary/aromatic N) is 1. The molecule has 1 aromatic rings. The van der Waals surface area contributed by atoms with E-state index in [-0.39, 0.29) is 11.9 Å². The molecule has 2 fully saturated rings. The molecule has 0 saturated carbocycles. The van der Waals surface area contributed by atoms with Crippen LogP contribution in [0.2, 0.25) is 0 Å². The zero-order chi connectivity index (χ0) is 14.2. The van der Waals surface area contributed by atoms with E-state index in [1.54, 1.807) is 0 Å². The average molecular weight is 338 g/mol. The van der Waals surface area contributed by atoms with Gasteiger partial charge in [-0.25, -0.2) is 4.79 Å². The third kappa shape index (κ3) is 2.33. The number of carbonyl (C=O) groups is 2. The molecule has 2 aliphatic rings. The third-order valence-electron chi connectivity index (χ3n) is 3.86. The summed E-state index contributed by atoms with van der Waals surface area (Å²) in [6.45, 7) is 1.73. The van der Waals surface area contributed by atoms with E-state index >= 15 is 0 Å². The highest BCUT2D eigenvalue weighted by Gasteiger charge is 2.51. The molecule has 2 saturated heterocycles. The van der Waals surface area contributed by atoms with Crippen molar-refractivity contribution in [2.45, 2.75) is 24.9 Å². The maximum absolute atomic E-state index is 12.6. The minimum atomic E-state index is -0.735. The van der Waals surface area contributed by atoms with Crippen molar-refractivity contribution in [2.24, 2.45) is 0 Å². The molecule has 1 aromatic carbocycles. The lowest BCUT2D eigenvalue weighted by molar-refractivity contribution is -0.132. The Bertz CT molecular complexity index is 555. The monoisotopic (exact) mass is 337 g/mol. The molecule has 2 N–H and O–H groups in total. The highest BCUT2D eigenvalue weighted by Crippen LogP contribution is 2.26. The number of nitrogens with one attached hydrogen (secondary N) is 2. The SMILES string of the molecule is O=C1NC2(CCCNC2)C(=O)N1Cc1cccc(Br)c1. The Morgan fingerprint density at radius 1 is 1.35 bits per heavy atom. The Morgan fingerprint density at radius 3 is 2.90 bits per heavy atom. The molecule has 0 aliphatic carbocycles. The van der Waals surface area contributed by atoms with Gasteiger partial charge in [-0.1, -0.05) is 28.1 Å². The fourth-order valence-electron chi connectivity index (χ4n) is 2.83. The maximum atomic E-state index is 12.6. The zero-order valence-electron chi connectivity index (χ0n) is 11.0. The van der Waals surface area contributed by atoms with Gasteiger partial charge in [-0.15, -0.1) is 0 Å². The van der Waals surface area contributed by atoms with Gasteiger partial charge in [-0.05, 0) is 37.1 Å². The molecule has 1 atom stereocenters. The molecule has 1 unspecified atom stereocenters. The number of urea groups is 1. The first-order valence-corrected chi connectivity index (χ1v) is 7.49. The minimum absolute atomic E-state index is 0.116. The van der Waals surface area contributed by atoms with Gasteiger partial charge in [0.05, 0.1) is 6.54 Å². The molecular formula is C14H16BrN3O2. The summed E-state index contributed by atoms with van der Waals surface area (Å²) in [5.74, 6) is -0.116. The highest BCUT2D eigenvalue weighted by molar-refractivity contribution is 9.10. The Kier molecular flexibility index (Phi) is 3.52. The fraction of sp³-hybridized carbons (Fsp3) is 0.429. The van der Waals surface area contributed by atoms with Crippen LogP contribution in [0.3, 0.4) is 0 Å². The van der Waals surface area contributed by atoms with Crippen LogP contribution in [-0.4, -0.2) is 35.5 Å². The van der Waals surface area contributed by atoms with Gasteiger partial charge in [0.15, 0.2) is 0 Å². The molecule has 3 amide bonds. The van der Waals surface area contributed by atoms with Gasteiger partial charge >= 0.3 is 6.03 Å². The normalized spacial score (nSPS) is 26.1. The molecule has 1 spiro atoms. The number of amides is 3. The summed E-state index contributed by atoms with van der Waals surface area (Å²) in [4.78, 5) is 26.0. The molecule has 0 radical (unpaired) electrons. The number of hydrogen-bond acceptors (Lipinski definition) is 3. The van der Waals surface area contributed by atoms with Crippen molar-refractivity contribution in [3.63, 3.8) is 0 Å². The van der Waals surface area contributed by atoms with Crippen LogP contribution in [0, 0.1) is 0 Å². The van der Waals surface area contributed by atoms with Crippen LogP contribution < -0.4 is 10.6 Å². The minimum Gasteiger partial charge on any atom is -0.322 e. The zero-order valence-corrected chi connectivity index (χ0v) is 12.6. The lowest BCUT2D eigenvalue weighted by Gasteiger charge is -2.31. The van der Waals surface area contributed by atoms with Crippen LogP contribution in [0.1, 0.15) is 18.4 Å². The van der Waals surface area contributed by atoms with Gasteiger partial charge < -0.3 is 10.6 Å². The second-order valence-corrected chi connectivity index (χ2v) is 6.23. The van der Waals surface area contributed by atoms with Gasteiger partial charge in [0, 0.05) is 11.0 Å². The Morgan fingerprint density at radius 2 is 2.20 bits per heavy atom. The lowest BCUT2D eigenvalue weighted by atomic mass is 9.90. The van der Waals surface area contributed by atoms with Crippen molar-refractivity contribution in [1.82, 2.24) is 15.5 Å². The summed E-state index contributed by atoms with van der Waals surface area (Å²) >= 11 is 3.40. The smallest absolute Gasteiger partial charge is 0.322 e. The van der Waals surface area contributed by atoms with Crippen molar-refractivity contribution in [1.29, 1.82) is 0 Å². The number of imide groups is 1. The molecule has 20 heavy (non-hydrogen) atoms. The van der Waals surface area contributed by atoms with Gasteiger partial charge in [-0.3, -0.25) is 9.69 Å². The van der Waals surface area contributed by atoms with Crippen LogP contribution in [0.5, 0.6) is 0 Å². The van der Waals surface area contributed by atoms with Crippen molar-refractivity contribution < 1.29 is 9.59 Å². The predicted molar refractivity (Wildman–Crippen MR) is 78.1 cm³/mol. The summed E-state index contributed by atoms with van der Waals surface area (Å²) < 4.78 is 0.941. The lowest BCUT2D eigenvalue weighted by Crippen LogP contribution is -2.57. The summed E-state index contributed by atoms with van der Waals surface area (Å²) in [5, 5.41) is 6.06. The third-order valence-corrected chi connectivity index (χ3v) is 4.35. The van der Waals surface area contributed by atoms with Crippen LogP contribution >= 0.6 is 15.9 Å². The first-order valence-electron chi connectivity index (χ1n) is 6.70. The van der Waals surface area contributed by atoms with E-state index in [0.29, 0.717) is 19.5 Å². The summed E-state index contributed by atoms with van der Waals surface area (Å²) in [7, 11) is 0. The van der Waals surface area contributed by atoms with Crippen molar-refractivity contribution in [3.05, 3.63) is 34.3 Å². The van der Waals surface area contributed by atoms with Crippen molar-refractivity contribution in [3.8, 4) is 0 Å². The second-order valence-electron chi connectivity index (χ2n) is 5.31. The number of hydrogen-bond donors (Lipinski definition) is 2. The molecule has 3 rings (SSSR count). The van der Waals surface area contributed by atoms with E-state index in [1.165, 1.54) is 4.90 Å². The molecule has 6 heteroatoms. The topological polar surface area (TPSA) is 61.4 Å². The van der Waals surface area contributed by atoms with E-state index in [9.17, 15) is 9.59 Å². The van der Waals surface area contributed by atoms with Crippen molar-refractivity contribution in [2.75, 3.05) is 13.1 Å². The molecule has 0 aromatic heterocycles. The van der Waals surface area contributed by atoms with Crippen LogP contribution in [0.25, 0.3) is 0 Å². The summed E-state index contributed by atoms with van der Waals surface area (Å²) in [5.41, 5.74) is 0.199. The quantitative estimate of drug-likeness (QED) is 0.806. The van der Waals surface area contributed by atoms with Gasteiger partial charge in [0.25, 0.3) is 5.91 Å². The van der Waals surface area contributed by atoms with Gasteiger partial charge in [-0.2, -0.15) is 0 Å². The van der Waals surface area contributed by atoms with Crippen LogP contribution in [0.4, 0.5) is 4.79 Å². The Labute approximate surface area is 125 Å². The van der Waals surface area contributed by atoms with E-state index in [4.69, 9.17) is 0 Å². The standard InChI is InChI=1S/C14H16BrN3O2/c15-11-4-1-3-10(7-11)8-18-12(19)14(17-13(18)20)5-2-6-16-9-14/h1,3-4,7,16H,2,5-6,8-9H2,(H,17,20). The average Bonchev–Trinajstić information content (AvgIpc) is 2.64. The molecular weight excluding hydrogens is 322 g/mol. The first-order chi connectivity index (χ1) is 9.61. The Hall–Kier alpha value is -1.40. The molecule has 106 valence electrons. The second kappa shape index (κ2) is 5.18. The number of piperidine rings is 1. The number of benzene rings is 1. The van der Waals surface area contributed by atoms with Crippen molar-refractivity contribution >= 4 is 27.9 Å². The summed E-state index contributed by atoms with van der Waals surface area (Å²) in [6, 6.07) is 7.36. The van der Waals surface area contributed by atoms with E-state index in [1.807, 2.05) is 24.3 Å². The van der Waals surface area contributed by atoms with Gasteiger partial charge in [0.1, 0.15) is 5.54 Å². The summed E-state index contributed by atoms with van der Waals surface area (Å²) in [6.07, 6.45) is 1.61. The molecule has 2 aliphatic heterocycles. The van der Waals surface area contributed by atoms with Crippen LogP contribution in [-0.2, 0) is 11.3 Å². The number of carbonyl (C=O) groups excluding carboxylic acids is 2. The van der Waals surface area contributed by atoms with E-state index in [0.717, 1.165) is 23.0 Å². The fourth-order valence-corrected chi connectivity index (χ4v) is 3.28. The van der Waals surface area contributed by atoms with E-state index in [2.05, 4.69) is 26.6 Å². The maximum Gasteiger partial charge on any atom is 0.325 e. The van der Waals surface area contributed by atoms with E-state index < -0.39 is 5.54 Å². The van der Waals surface area contributed by atoms with Gasteiger partial charge in [0.2, 0.25) is 0 Å². The Balaban J connectivity index is 1.80. The highest BCUT2D eigenvalue weighted by atomic mass is 79.9. The number of rotatable bonds is 2. The number of halogens is 1. The molecule has 5 nitrogen and oxygen atoms in total. The molecule has 2 heterocycles. The van der Waals surface area contributed by atoms with Crippen LogP contribution in [0.15, 0.2) is 28.7 Å². The largest absolute Gasteiger partial charge is 0.325 e. The molecule has 0 bridgehead atoms. The first kappa shape index (κ1) is 13.6.